The summed E-state index contributed by atoms with van der Waals surface area (Å²) in [5, 5.41) is 13.4. The van der Waals surface area contributed by atoms with Crippen LogP contribution in [0.4, 0.5) is 9.80 Å². The number of anilines is 1. The molecule has 3 rings (SSSR count). The van der Waals surface area contributed by atoms with Crippen molar-refractivity contribution < 1.29 is 14.3 Å². The van der Waals surface area contributed by atoms with Gasteiger partial charge >= 0.3 is 6.09 Å². The third-order valence-corrected chi connectivity index (χ3v) is 7.23. The molecule has 1 saturated heterocycles. The van der Waals surface area contributed by atoms with Crippen molar-refractivity contribution in [3.05, 3.63) is 16.0 Å². The quantitative estimate of drug-likeness (QED) is 0.691. The van der Waals surface area contributed by atoms with Gasteiger partial charge in [0.15, 0.2) is 0 Å². The molecular weight excluding hydrogens is 412 g/mol. The van der Waals surface area contributed by atoms with E-state index in [1.54, 1.807) is 16.2 Å². The zero-order valence-corrected chi connectivity index (χ0v) is 19.7. The van der Waals surface area contributed by atoms with E-state index >= 15 is 0 Å². The second kappa shape index (κ2) is 11.0. The molecular formula is C23H34N4O3S. The number of thiophene rings is 1. The van der Waals surface area contributed by atoms with E-state index in [1.165, 1.54) is 11.3 Å². The van der Waals surface area contributed by atoms with E-state index < -0.39 is 0 Å². The fraction of sp³-hybridized carbons (Fsp3) is 0.696. The molecule has 1 fully saturated rings. The molecule has 170 valence electrons. The van der Waals surface area contributed by atoms with Crippen LogP contribution in [0.2, 0.25) is 0 Å². The normalized spacial score (nSPS) is 18.5. The summed E-state index contributed by atoms with van der Waals surface area (Å²) >= 11 is 1.57. The Morgan fingerprint density at radius 2 is 1.87 bits per heavy atom. The molecule has 2 amide bonds. The van der Waals surface area contributed by atoms with Crippen LogP contribution < -0.4 is 5.32 Å². The average Bonchev–Trinajstić information content (AvgIpc) is 2.95. The van der Waals surface area contributed by atoms with Crippen LogP contribution in [0.15, 0.2) is 0 Å². The molecule has 2 aliphatic rings. The molecule has 0 radical (unpaired) electrons. The Hall–Kier alpha value is -2.11. The highest BCUT2D eigenvalue weighted by molar-refractivity contribution is 7.16. The van der Waals surface area contributed by atoms with Crippen molar-refractivity contribution in [2.75, 3.05) is 38.1 Å². The number of fused-ring (bicyclic) bond motifs is 1. The van der Waals surface area contributed by atoms with Gasteiger partial charge in [0.2, 0.25) is 5.91 Å². The number of nitrogens with zero attached hydrogens (tertiary/aromatic N) is 3. The topological polar surface area (TPSA) is 85.7 Å². The SMILES string of the molecule is CC(C)COC(=O)N1CCCN(C(C)C(=O)Nc2sc3c(c2C#N)CCCCC3)CC1. The van der Waals surface area contributed by atoms with Crippen molar-refractivity contribution >= 4 is 28.3 Å². The highest BCUT2D eigenvalue weighted by Crippen LogP contribution is 2.37. The van der Waals surface area contributed by atoms with Gasteiger partial charge in [0, 0.05) is 31.1 Å². The number of carbonyl (C=O) groups excluding carboxylic acids is 2. The number of nitrogens with one attached hydrogen (secondary N) is 1. The Labute approximate surface area is 189 Å². The van der Waals surface area contributed by atoms with Crippen molar-refractivity contribution in [1.29, 1.82) is 5.26 Å². The minimum absolute atomic E-state index is 0.0938. The van der Waals surface area contributed by atoms with Crippen LogP contribution in [-0.4, -0.2) is 60.6 Å². The molecule has 0 saturated carbocycles. The van der Waals surface area contributed by atoms with E-state index in [9.17, 15) is 14.9 Å². The highest BCUT2D eigenvalue weighted by atomic mass is 32.1. The maximum absolute atomic E-state index is 13.0. The van der Waals surface area contributed by atoms with E-state index in [1.807, 2.05) is 20.8 Å². The second-order valence-electron chi connectivity index (χ2n) is 8.89. The lowest BCUT2D eigenvalue weighted by Gasteiger charge is -2.26. The van der Waals surface area contributed by atoms with Gasteiger partial charge in [0.25, 0.3) is 0 Å². The largest absolute Gasteiger partial charge is 0.449 e. The second-order valence-corrected chi connectivity index (χ2v) is 10.00. The molecule has 0 spiro atoms. The maximum Gasteiger partial charge on any atom is 0.409 e. The van der Waals surface area contributed by atoms with Gasteiger partial charge in [-0.15, -0.1) is 11.3 Å². The van der Waals surface area contributed by atoms with Gasteiger partial charge in [0.05, 0.1) is 18.2 Å². The van der Waals surface area contributed by atoms with Crippen LogP contribution in [0, 0.1) is 17.2 Å². The molecule has 0 bridgehead atoms. The minimum Gasteiger partial charge on any atom is -0.449 e. The van der Waals surface area contributed by atoms with Gasteiger partial charge in [-0.2, -0.15) is 5.26 Å². The first-order valence-corrected chi connectivity index (χ1v) is 12.2. The summed E-state index contributed by atoms with van der Waals surface area (Å²) in [6.45, 7) is 8.90. The van der Waals surface area contributed by atoms with Crippen LogP contribution in [-0.2, 0) is 22.4 Å². The van der Waals surface area contributed by atoms with Crippen molar-refractivity contribution in [3.63, 3.8) is 0 Å². The molecule has 7 nitrogen and oxygen atoms in total. The Morgan fingerprint density at radius 3 is 2.61 bits per heavy atom. The van der Waals surface area contributed by atoms with Gasteiger partial charge < -0.3 is 15.0 Å². The van der Waals surface area contributed by atoms with E-state index in [4.69, 9.17) is 4.74 Å². The summed E-state index contributed by atoms with van der Waals surface area (Å²) in [7, 11) is 0. The summed E-state index contributed by atoms with van der Waals surface area (Å²) in [6, 6.07) is 1.99. The van der Waals surface area contributed by atoms with E-state index in [0.29, 0.717) is 42.7 Å². The standard InChI is InChI=1S/C23H34N4O3S/c1-16(2)15-30-23(29)27-11-7-10-26(12-13-27)17(3)21(28)25-22-19(14-24)18-8-5-4-6-9-20(18)31-22/h16-17H,4-13,15H2,1-3H3,(H,25,28). The van der Waals surface area contributed by atoms with Crippen LogP contribution in [0.25, 0.3) is 0 Å². The van der Waals surface area contributed by atoms with Gasteiger partial charge in [0.1, 0.15) is 11.1 Å². The first-order chi connectivity index (χ1) is 14.9. The zero-order valence-electron chi connectivity index (χ0n) is 18.9. The molecule has 1 aliphatic carbocycles. The van der Waals surface area contributed by atoms with Crippen LogP contribution in [0.3, 0.4) is 0 Å². The third kappa shape index (κ3) is 5.98. The number of hydrogen-bond acceptors (Lipinski definition) is 6. The first kappa shape index (κ1) is 23.6. The molecule has 1 aromatic heterocycles. The Balaban J connectivity index is 1.59. The van der Waals surface area contributed by atoms with Crippen molar-refractivity contribution in [3.8, 4) is 6.07 Å². The molecule has 1 aromatic rings. The molecule has 8 heteroatoms. The minimum atomic E-state index is -0.333. The number of aryl methyl sites for hydroxylation is 1. The molecule has 1 unspecified atom stereocenters. The number of ether oxygens (including phenoxy) is 1. The van der Waals surface area contributed by atoms with Gasteiger partial charge in [-0.25, -0.2) is 4.79 Å². The number of rotatable bonds is 5. The third-order valence-electron chi connectivity index (χ3n) is 6.03. The fourth-order valence-electron chi connectivity index (χ4n) is 4.17. The Bertz CT molecular complexity index is 830. The molecule has 1 N–H and O–H groups in total. The van der Waals surface area contributed by atoms with Crippen LogP contribution >= 0.6 is 11.3 Å². The van der Waals surface area contributed by atoms with Crippen LogP contribution in [0.1, 0.15) is 62.5 Å². The zero-order chi connectivity index (χ0) is 22.4. The van der Waals surface area contributed by atoms with Crippen molar-refractivity contribution in [2.24, 2.45) is 5.92 Å². The average molecular weight is 447 g/mol. The van der Waals surface area contributed by atoms with Gasteiger partial charge in [-0.1, -0.05) is 20.3 Å². The summed E-state index contributed by atoms with van der Waals surface area (Å²) in [5.74, 6) is 0.213. The number of amides is 2. The predicted octanol–water partition coefficient (Wildman–Crippen LogP) is 4.02. The van der Waals surface area contributed by atoms with Crippen molar-refractivity contribution in [1.82, 2.24) is 9.80 Å². The van der Waals surface area contributed by atoms with Crippen molar-refractivity contribution in [2.45, 2.75) is 65.3 Å². The lowest BCUT2D eigenvalue weighted by Crippen LogP contribution is -2.44. The first-order valence-electron chi connectivity index (χ1n) is 11.4. The summed E-state index contributed by atoms with van der Waals surface area (Å²) < 4.78 is 5.35. The number of carbonyl (C=O) groups is 2. The molecule has 1 atom stereocenters. The van der Waals surface area contributed by atoms with Crippen LogP contribution in [0.5, 0.6) is 0 Å². The lowest BCUT2D eigenvalue weighted by atomic mass is 10.1. The summed E-state index contributed by atoms with van der Waals surface area (Å²) in [6.07, 6.45) is 5.89. The van der Waals surface area contributed by atoms with Gasteiger partial charge in [-0.3, -0.25) is 9.69 Å². The van der Waals surface area contributed by atoms with Gasteiger partial charge in [-0.05, 0) is 50.5 Å². The Kier molecular flexibility index (Phi) is 8.33. The number of hydrogen-bond donors (Lipinski definition) is 1. The summed E-state index contributed by atoms with van der Waals surface area (Å²) in [4.78, 5) is 30.4. The van der Waals surface area contributed by atoms with E-state index in [2.05, 4.69) is 16.3 Å². The maximum atomic E-state index is 13.0. The smallest absolute Gasteiger partial charge is 0.409 e. The lowest BCUT2D eigenvalue weighted by molar-refractivity contribution is -0.120. The molecule has 2 heterocycles. The van der Waals surface area contributed by atoms with E-state index in [0.717, 1.165) is 44.2 Å². The van der Waals surface area contributed by atoms with E-state index in [-0.39, 0.29) is 18.0 Å². The summed E-state index contributed by atoms with van der Waals surface area (Å²) in [5.41, 5.74) is 1.79. The highest BCUT2D eigenvalue weighted by Gasteiger charge is 2.28. The monoisotopic (exact) mass is 446 g/mol. The Morgan fingerprint density at radius 1 is 1.10 bits per heavy atom. The number of nitriles is 1. The molecule has 31 heavy (non-hydrogen) atoms. The fourth-order valence-corrected chi connectivity index (χ4v) is 5.41. The molecule has 1 aliphatic heterocycles. The molecule has 0 aromatic carbocycles. The predicted molar refractivity (Wildman–Crippen MR) is 122 cm³/mol.